The Morgan fingerprint density at radius 3 is 2.77 bits per heavy atom. The van der Waals surface area contributed by atoms with E-state index >= 15 is 0 Å². The van der Waals surface area contributed by atoms with E-state index in [1.54, 1.807) is 19.1 Å². The molecule has 134 valence electrons. The molecule has 1 aliphatic rings. The lowest BCUT2D eigenvalue weighted by Crippen LogP contribution is -2.26. The van der Waals surface area contributed by atoms with Crippen LogP contribution < -0.4 is 14.2 Å². The predicted octanol–water partition coefficient (Wildman–Crippen LogP) is 3.75. The van der Waals surface area contributed by atoms with E-state index in [2.05, 4.69) is 0 Å². The van der Waals surface area contributed by atoms with Gasteiger partial charge in [0.05, 0.1) is 7.11 Å². The average Bonchev–Trinajstić information content (AvgIpc) is 3.25. The number of aryl methyl sites for hydroxylation is 1. The molecule has 6 nitrogen and oxygen atoms in total. The number of rotatable bonds is 4. The summed E-state index contributed by atoms with van der Waals surface area (Å²) in [5.74, 6) is 2.33. The zero-order valence-electron chi connectivity index (χ0n) is 14.9. The largest absolute Gasteiger partial charge is 0.497 e. The molecule has 3 aromatic rings. The van der Waals surface area contributed by atoms with Crippen LogP contribution in [0.5, 0.6) is 17.2 Å². The van der Waals surface area contributed by atoms with Gasteiger partial charge in [-0.05, 0) is 42.8 Å². The molecule has 0 saturated carbocycles. The van der Waals surface area contributed by atoms with Crippen molar-refractivity contribution in [3.63, 3.8) is 0 Å². The fourth-order valence-electron chi connectivity index (χ4n) is 3.09. The Hall–Kier alpha value is -3.15. The zero-order valence-corrected chi connectivity index (χ0v) is 14.9. The molecule has 0 radical (unpaired) electrons. The monoisotopic (exact) mass is 353 g/mol. The number of amides is 1. The van der Waals surface area contributed by atoms with E-state index < -0.39 is 0 Å². The molecule has 0 bridgehead atoms. The first-order valence-electron chi connectivity index (χ1n) is 8.28. The molecular formula is C20H19NO5. The molecule has 2 heterocycles. The van der Waals surface area contributed by atoms with Gasteiger partial charge in [-0.3, -0.25) is 4.79 Å². The van der Waals surface area contributed by atoms with Crippen LogP contribution in [0.25, 0.3) is 11.0 Å². The summed E-state index contributed by atoms with van der Waals surface area (Å²) in [4.78, 5) is 14.5. The summed E-state index contributed by atoms with van der Waals surface area (Å²) in [7, 11) is 3.36. The second kappa shape index (κ2) is 6.29. The first-order valence-corrected chi connectivity index (χ1v) is 8.28. The number of hydrogen-bond acceptors (Lipinski definition) is 5. The van der Waals surface area contributed by atoms with Crippen LogP contribution in [0.15, 0.2) is 40.8 Å². The van der Waals surface area contributed by atoms with Gasteiger partial charge in [-0.25, -0.2) is 0 Å². The molecule has 26 heavy (non-hydrogen) atoms. The average molecular weight is 353 g/mol. The Balaban J connectivity index is 1.58. The SMILES string of the molecule is COc1ccc2oc(C(=O)N(C)Cc3ccc4c(c3)OCO4)c(C)c2c1. The predicted molar refractivity (Wildman–Crippen MR) is 95.9 cm³/mol. The second-order valence-electron chi connectivity index (χ2n) is 6.27. The van der Waals surface area contributed by atoms with E-state index in [4.69, 9.17) is 18.6 Å². The van der Waals surface area contributed by atoms with Gasteiger partial charge in [0.15, 0.2) is 17.3 Å². The molecule has 4 rings (SSSR count). The van der Waals surface area contributed by atoms with Crippen molar-refractivity contribution in [3.05, 3.63) is 53.3 Å². The summed E-state index contributed by atoms with van der Waals surface area (Å²) in [5, 5.41) is 0.879. The van der Waals surface area contributed by atoms with Crippen LogP contribution in [0, 0.1) is 6.92 Å². The highest BCUT2D eigenvalue weighted by molar-refractivity contribution is 5.99. The van der Waals surface area contributed by atoms with E-state index in [1.165, 1.54) is 0 Å². The molecule has 6 heteroatoms. The third-order valence-corrected chi connectivity index (χ3v) is 4.54. The van der Waals surface area contributed by atoms with Crippen molar-refractivity contribution in [1.82, 2.24) is 4.90 Å². The molecule has 0 unspecified atom stereocenters. The van der Waals surface area contributed by atoms with Crippen LogP contribution in [-0.4, -0.2) is 31.8 Å². The van der Waals surface area contributed by atoms with Gasteiger partial charge in [-0.15, -0.1) is 0 Å². The third-order valence-electron chi connectivity index (χ3n) is 4.54. The van der Waals surface area contributed by atoms with Crippen molar-refractivity contribution >= 4 is 16.9 Å². The van der Waals surface area contributed by atoms with E-state index in [0.29, 0.717) is 23.6 Å². The molecular weight excluding hydrogens is 334 g/mol. The van der Waals surface area contributed by atoms with Crippen LogP contribution in [0.2, 0.25) is 0 Å². The summed E-state index contributed by atoms with van der Waals surface area (Å²) < 4.78 is 21.8. The van der Waals surface area contributed by atoms with Gasteiger partial charge in [0.25, 0.3) is 5.91 Å². The molecule has 0 spiro atoms. The first kappa shape index (κ1) is 16.3. The number of carbonyl (C=O) groups excluding carboxylic acids is 1. The van der Waals surface area contributed by atoms with E-state index in [1.807, 2.05) is 43.3 Å². The molecule has 0 atom stereocenters. The molecule has 0 saturated heterocycles. The van der Waals surface area contributed by atoms with Crippen LogP contribution >= 0.6 is 0 Å². The number of fused-ring (bicyclic) bond motifs is 2. The number of nitrogens with zero attached hydrogens (tertiary/aromatic N) is 1. The summed E-state index contributed by atoms with van der Waals surface area (Å²) in [5.41, 5.74) is 2.44. The Bertz CT molecular complexity index is 991. The van der Waals surface area contributed by atoms with Gasteiger partial charge in [-0.1, -0.05) is 6.07 Å². The van der Waals surface area contributed by atoms with Crippen LogP contribution in [0.1, 0.15) is 21.7 Å². The van der Waals surface area contributed by atoms with Crippen molar-refractivity contribution in [2.24, 2.45) is 0 Å². The lowest BCUT2D eigenvalue weighted by molar-refractivity contribution is 0.0754. The molecule has 1 amide bonds. The fraction of sp³-hybridized carbons (Fsp3) is 0.250. The number of furan rings is 1. The number of benzene rings is 2. The zero-order chi connectivity index (χ0) is 18.3. The lowest BCUT2D eigenvalue weighted by Gasteiger charge is -2.16. The topological polar surface area (TPSA) is 61.1 Å². The summed E-state index contributed by atoms with van der Waals surface area (Å²) >= 11 is 0. The Labute approximate surface area is 150 Å². The van der Waals surface area contributed by atoms with Crippen molar-refractivity contribution < 1.29 is 23.4 Å². The summed E-state index contributed by atoms with van der Waals surface area (Å²) in [6.45, 7) is 2.55. The molecule has 2 aromatic carbocycles. The number of ether oxygens (including phenoxy) is 3. The second-order valence-corrected chi connectivity index (χ2v) is 6.27. The van der Waals surface area contributed by atoms with E-state index in [0.717, 1.165) is 28.0 Å². The maximum Gasteiger partial charge on any atom is 0.289 e. The van der Waals surface area contributed by atoms with E-state index in [9.17, 15) is 4.79 Å². The molecule has 0 aliphatic carbocycles. The van der Waals surface area contributed by atoms with Crippen LogP contribution in [0.3, 0.4) is 0 Å². The minimum atomic E-state index is -0.171. The van der Waals surface area contributed by atoms with Gasteiger partial charge in [0.2, 0.25) is 6.79 Å². The Morgan fingerprint density at radius 2 is 1.96 bits per heavy atom. The van der Waals surface area contributed by atoms with Crippen molar-refractivity contribution in [2.45, 2.75) is 13.5 Å². The lowest BCUT2D eigenvalue weighted by atomic mass is 10.1. The van der Waals surface area contributed by atoms with Crippen molar-refractivity contribution in [1.29, 1.82) is 0 Å². The highest BCUT2D eigenvalue weighted by Gasteiger charge is 2.22. The molecule has 1 aromatic heterocycles. The quantitative estimate of drug-likeness (QED) is 0.715. The summed E-state index contributed by atoms with van der Waals surface area (Å²) in [6.07, 6.45) is 0. The van der Waals surface area contributed by atoms with Crippen molar-refractivity contribution in [2.75, 3.05) is 21.0 Å². The van der Waals surface area contributed by atoms with Crippen molar-refractivity contribution in [3.8, 4) is 17.2 Å². The summed E-state index contributed by atoms with van der Waals surface area (Å²) in [6, 6.07) is 11.2. The minimum absolute atomic E-state index is 0.171. The number of hydrogen-bond donors (Lipinski definition) is 0. The standard InChI is InChI=1S/C20H19NO5/c1-12-15-9-14(23-3)5-7-16(15)26-19(12)20(22)21(2)10-13-4-6-17-18(8-13)25-11-24-17/h4-9H,10-11H2,1-3H3. The Morgan fingerprint density at radius 1 is 1.15 bits per heavy atom. The van der Waals surface area contributed by atoms with Gasteiger partial charge >= 0.3 is 0 Å². The molecule has 0 fully saturated rings. The van der Waals surface area contributed by atoms with Crippen LogP contribution in [0.4, 0.5) is 0 Å². The van der Waals surface area contributed by atoms with Gasteiger partial charge < -0.3 is 23.5 Å². The smallest absolute Gasteiger partial charge is 0.289 e. The maximum absolute atomic E-state index is 12.9. The van der Waals surface area contributed by atoms with Crippen LogP contribution in [-0.2, 0) is 6.54 Å². The maximum atomic E-state index is 12.9. The fourth-order valence-corrected chi connectivity index (χ4v) is 3.09. The third kappa shape index (κ3) is 2.73. The highest BCUT2D eigenvalue weighted by atomic mass is 16.7. The van der Waals surface area contributed by atoms with E-state index in [-0.39, 0.29) is 12.7 Å². The van der Waals surface area contributed by atoms with Gasteiger partial charge in [0.1, 0.15) is 11.3 Å². The number of carbonyl (C=O) groups is 1. The molecule has 1 aliphatic heterocycles. The minimum Gasteiger partial charge on any atom is -0.497 e. The van der Waals surface area contributed by atoms with Gasteiger partial charge in [0, 0.05) is 24.5 Å². The number of methoxy groups -OCH3 is 1. The highest BCUT2D eigenvalue weighted by Crippen LogP contribution is 2.33. The first-order chi connectivity index (χ1) is 12.6. The Kier molecular flexibility index (Phi) is 3.95. The van der Waals surface area contributed by atoms with Gasteiger partial charge in [-0.2, -0.15) is 0 Å². The normalized spacial score (nSPS) is 12.4. The molecule has 0 N–H and O–H groups in total.